The van der Waals surface area contributed by atoms with Gasteiger partial charge in [0.05, 0.1) is 14.1 Å². The van der Waals surface area contributed by atoms with Crippen molar-refractivity contribution in [1.29, 1.82) is 0 Å². The van der Waals surface area contributed by atoms with E-state index in [1.165, 1.54) is 8.45 Å². The zero-order valence-electron chi connectivity index (χ0n) is 10.8. The lowest BCUT2D eigenvalue weighted by atomic mass is 9.80. The fraction of sp³-hybridized carbons (Fsp3) is 0.692. The summed E-state index contributed by atoms with van der Waals surface area (Å²) in [5.74, 6) is 0.378. The van der Waals surface area contributed by atoms with Gasteiger partial charge in [0, 0.05) is 12.0 Å². The lowest BCUT2D eigenvalue weighted by molar-refractivity contribution is -0.0767. The Morgan fingerprint density at radius 1 is 1.47 bits per heavy atom. The molecular weight excluding hydrogens is 345 g/mol. The molecule has 2 N–H and O–H groups in total. The van der Waals surface area contributed by atoms with Gasteiger partial charge in [0.25, 0.3) is 0 Å². The molecule has 2 atom stereocenters. The summed E-state index contributed by atoms with van der Waals surface area (Å²) in [6.07, 6.45) is 1.02. The van der Waals surface area contributed by atoms with Crippen LogP contribution in [0.3, 0.4) is 0 Å². The van der Waals surface area contributed by atoms with Crippen LogP contribution < -0.4 is 5.73 Å². The SMILES string of the molecule is CC1(C)CC(C(N)c2csc(I)c2)C(C)(C)O1. The second kappa shape index (κ2) is 4.47. The van der Waals surface area contributed by atoms with Gasteiger partial charge in [0.15, 0.2) is 0 Å². The maximum Gasteiger partial charge on any atom is 0.0680 e. The maximum atomic E-state index is 6.43. The first-order chi connectivity index (χ1) is 7.71. The smallest absolute Gasteiger partial charge is 0.0680 e. The number of halogens is 1. The van der Waals surface area contributed by atoms with Gasteiger partial charge in [-0.1, -0.05) is 0 Å². The summed E-state index contributed by atoms with van der Waals surface area (Å²) in [6.45, 7) is 8.62. The van der Waals surface area contributed by atoms with Crippen molar-refractivity contribution in [3.8, 4) is 0 Å². The highest BCUT2D eigenvalue weighted by atomic mass is 127. The molecule has 0 aromatic carbocycles. The minimum absolute atomic E-state index is 0.0606. The molecule has 0 amide bonds. The van der Waals surface area contributed by atoms with Crippen LogP contribution in [0.4, 0.5) is 0 Å². The highest BCUT2D eigenvalue weighted by molar-refractivity contribution is 14.1. The van der Waals surface area contributed by atoms with Crippen LogP contribution in [0.15, 0.2) is 11.4 Å². The largest absolute Gasteiger partial charge is 0.369 e. The van der Waals surface area contributed by atoms with Gasteiger partial charge >= 0.3 is 0 Å². The first kappa shape index (κ1) is 13.8. The molecule has 1 fully saturated rings. The van der Waals surface area contributed by atoms with E-state index in [0.29, 0.717) is 5.92 Å². The third-order valence-corrected chi connectivity index (χ3v) is 5.36. The summed E-state index contributed by atoms with van der Waals surface area (Å²) in [5.41, 5.74) is 7.48. The Morgan fingerprint density at radius 2 is 2.12 bits per heavy atom. The Bertz CT molecular complexity index is 413. The zero-order chi connectivity index (χ0) is 12.8. The molecule has 1 aliphatic heterocycles. The van der Waals surface area contributed by atoms with Crippen LogP contribution in [-0.4, -0.2) is 11.2 Å². The monoisotopic (exact) mass is 365 g/mol. The van der Waals surface area contributed by atoms with Gasteiger partial charge in [-0.05, 0) is 73.7 Å². The summed E-state index contributed by atoms with van der Waals surface area (Å²) < 4.78 is 7.42. The van der Waals surface area contributed by atoms with Crippen LogP contribution in [0.1, 0.15) is 45.7 Å². The van der Waals surface area contributed by atoms with Gasteiger partial charge in [0.1, 0.15) is 0 Å². The Kier molecular flexibility index (Phi) is 3.62. The lowest BCUT2D eigenvalue weighted by Crippen LogP contribution is -2.35. The topological polar surface area (TPSA) is 35.2 Å². The summed E-state index contributed by atoms with van der Waals surface area (Å²) in [4.78, 5) is 0. The van der Waals surface area contributed by atoms with Crippen molar-refractivity contribution >= 4 is 33.9 Å². The standard InChI is InChI=1S/C13H20INOS/c1-12(2)6-9(13(3,4)16-12)11(15)8-5-10(14)17-7-8/h5,7,9,11H,6,15H2,1-4H3. The minimum atomic E-state index is -0.143. The summed E-state index contributed by atoms with van der Waals surface area (Å²) in [7, 11) is 0. The van der Waals surface area contributed by atoms with Crippen LogP contribution in [0.5, 0.6) is 0 Å². The third-order valence-electron chi connectivity index (χ3n) is 3.55. The molecule has 2 rings (SSSR count). The van der Waals surface area contributed by atoms with Crippen molar-refractivity contribution in [2.75, 3.05) is 0 Å². The van der Waals surface area contributed by atoms with Crippen LogP contribution in [0.2, 0.25) is 0 Å². The molecule has 4 heteroatoms. The van der Waals surface area contributed by atoms with E-state index in [-0.39, 0.29) is 17.2 Å². The number of nitrogens with two attached hydrogens (primary N) is 1. The average Bonchev–Trinajstić information content (AvgIpc) is 2.66. The quantitative estimate of drug-likeness (QED) is 0.806. The Balaban J connectivity index is 2.23. The van der Waals surface area contributed by atoms with Gasteiger partial charge in [0.2, 0.25) is 0 Å². The van der Waals surface area contributed by atoms with Crippen LogP contribution in [-0.2, 0) is 4.74 Å². The van der Waals surface area contributed by atoms with E-state index < -0.39 is 0 Å². The molecule has 1 aliphatic rings. The predicted molar refractivity (Wildman–Crippen MR) is 81.3 cm³/mol. The molecule has 0 bridgehead atoms. The molecule has 0 saturated carbocycles. The van der Waals surface area contributed by atoms with Crippen LogP contribution in [0.25, 0.3) is 0 Å². The molecular formula is C13H20INOS. The highest BCUT2D eigenvalue weighted by Crippen LogP contribution is 2.47. The molecule has 2 heterocycles. The van der Waals surface area contributed by atoms with E-state index in [4.69, 9.17) is 10.5 Å². The number of rotatable bonds is 2. The van der Waals surface area contributed by atoms with E-state index in [9.17, 15) is 0 Å². The predicted octanol–water partition coefficient (Wildman–Crippen LogP) is 3.95. The van der Waals surface area contributed by atoms with E-state index in [0.717, 1.165) is 6.42 Å². The molecule has 1 aromatic rings. The minimum Gasteiger partial charge on any atom is -0.369 e. The second-order valence-electron chi connectivity index (χ2n) is 5.99. The number of hydrogen-bond acceptors (Lipinski definition) is 3. The molecule has 2 unspecified atom stereocenters. The van der Waals surface area contributed by atoms with Crippen molar-refractivity contribution in [3.63, 3.8) is 0 Å². The fourth-order valence-corrected chi connectivity index (χ4v) is 4.31. The van der Waals surface area contributed by atoms with Gasteiger partial charge in [-0.2, -0.15) is 0 Å². The molecule has 1 saturated heterocycles. The van der Waals surface area contributed by atoms with Gasteiger partial charge < -0.3 is 10.5 Å². The molecule has 0 aliphatic carbocycles. The first-order valence-electron chi connectivity index (χ1n) is 5.91. The van der Waals surface area contributed by atoms with Crippen molar-refractivity contribution in [2.45, 2.75) is 51.4 Å². The second-order valence-corrected chi connectivity index (χ2v) is 8.79. The highest BCUT2D eigenvalue weighted by Gasteiger charge is 2.48. The van der Waals surface area contributed by atoms with E-state index in [1.807, 2.05) is 0 Å². The molecule has 17 heavy (non-hydrogen) atoms. The van der Waals surface area contributed by atoms with Crippen molar-refractivity contribution in [2.24, 2.45) is 11.7 Å². The molecule has 0 spiro atoms. The van der Waals surface area contributed by atoms with Crippen LogP contribution >= 0.6 is 33.9 Å². The number of hydrogen-bond donors (Lipinski definition) is 1. The van der Waals surface area contributed by atoms with E-state index in [2.05, 4.69) is 61.7 Å². The normalized spacial score (nSPS) is 28.2. The van der Waals surface area contributed by atoms with Crippen LogP contribution in [0, 0.1) is 8.80 Å². The first-order valence-corrected chi connectivity index (χ1v) is 7.87. The lowest BCUT2D eigenvalue weighted by Gasteiger charge is -2.30. The number of thiophene rings is 1. The molecule has 0 radical (unpaired) electrons. The Morgan fingerprint density at radius 3 is 2.53 bits per heavy atom. The Hall–Kier alpha value is 0.350. The summed E-state index contributed by atoms with van der Waals surface area (Å²) in [5, 5.41) is 2.17. The van der Waals surface area contributed by atoms with Crippen molar-refractivity contribution in [3.05, 3.63) is 19.9 Å². The third kappa shape index (κ3) is 2.85. The average molecular weight is 365 g/mol. The molecule has 1 aromatic heterocycles. The van der Waals surface area contributed by atoms with Gasteiger partial charge in [-0.25, -0.2) is 0 Å². The zero-order valence-corrected chi connectivity index (χ0v) is 13.8. The molecule has 96 valence electrons. The van der Waals surface area contributed by atoms with Gasteiger partial charge in [-0.15, -0.1) is 11.3 Å². The summed E-state index contributed by atoms with van der Waals surface area (Å²) >= 11 is 4.10. The maximum absolute atomic E-state index is 6.43. The van der Waals surface area contributed by atoms with Crippen molar-refractivity contribution < 1.29 is 4.74 Å². The number of ether oxygens (including phenoxy) is 1. The van der Waals surface area contributed by atoms with E-state index in [1.54, 1.807) is 11.3 Å². The Labute approximate surface area is 121 Å². The summed E-state index contributed by atoms with van der Waals surface area (Å²) in [6, 6.07) is 2.27. The van der Waals surface area contributed by atoms with E-state index >= 15 is 0 Å². The fourth-order valence-electron chi connectivity index (χ4n) is 2.89. The van der Waals surface area contributed by atoms with Crippen molar-refractivity contribution in [1.82, 2.24) is 0 Å². The van der Waals surface area contributed by atoms with Gasteiger partial charge in [-0.3, -0.25) is 0 Å². The molecule has 2 nitrogen and oxygen atoms in total.